The van der Waals surface area contributed by atoms with Gasteiger partial charge >= 0.3 is 5.97 Å². The number of carbonyl (C=O) groups is 1. The SMILES string of the molecule is COC/C=C(/C(=O)OC)c1ccccc1Oc1cc(Cl)ncn1. The van der Waals surface area contributed by atoms with E-state index in [4.69, 9.17) is 25.8 Å². The molecule has 0 radical (unpaired) electrons. The van der Waals surface area contributed by atoms with E-state index in [2.05, 4.69) is 9.97 Å². The number of hydrogen-bond acceptors (Lipinski definition) is 6. The van der Waals surface area contributed by atoms with Gasteiger partial charge in [-0.1, -0.05) is 29.8 Å². The first-order chi connectivity index (χ1) is 11.2. The molecule has 2 aromatic rings. The molecule has 0 fully saturated rings. The first-order valence-corrected chi connectivity index (χ1v) is 7.05. The van der Waals surface area contributed by atoms with Gasteiger partial charge in [-0.05, 0) is 12.1 Å². The molecule has 0 aliphatic rings. The number of esters is 1. The lowest BCUT2D eigenvalue weighted by atomic mass is 10.0. The lowest BCUT2D eigenvalue weighted by Gasteiger charge is -2.12. The summed E-state index contributed by atoms with van der Waals surface area (Å²) in [6.45, 7) is 0.262. The van der Waals surface area contributed by atoms with Crippen molar-refractivity contribution in [1.29, 1.82) is 0 Å². The molecule has 0 amide bonds. The Hall–Kier alpha value is -2.44. The summed E-state index contributed by atoms with van der Waals surface area (Å²) in [5.74, 6) is 0.224. The van der Waals surface area contributed by atoms with Crippen LogP contribution in [-0.2, 0) is 14.3 Å². The van der Waals surface area contributed by atoms with E-state index < -0.39 is 5.97 Å². The van der Waals surface area contributed by atoms with Gasteiger partial charge in [0, 0.05) is 18.7 Å². The van der Waals surface area contributed by atoms with Crippen LogP contribution < -0.4 is 4.74 Å². The zero-order valence-corrected chi connectivity index (χ0v) is 13.4. The molecular formula is C16H15ClN2O4. The maximum absolute atomic E-state index is 12.0. The summed E-state index contributed by atoms with van der Waals surface area (Å²) < 4.78 is 15.5. The second kappa shape index (κ2) is 8.26. The molecule has 6 nitrogen and oxygen atoms in total. The van der Waals surface area contributed by atoms with Crippen molar-refractivity contribution in [2.45, 2.75) is 0 Å². The Bertz CT molecular complexity index is 719. The monoisotopic (exact) mass is 334 g/mol. The predicted octanol–water partition coefficient (Wildman–Crippen LogP) is 3.13. The molecule has 1 heterocycles. The first-order valence-electron chi connectivity index (χ1n) is 6.68. The Morgan fingerprint density at radius 2 is 2.04 bits per heavy atom. The van der Waals surface area contributed by atoms with E-state index in [0.29, 0.717) is 16.9 Å². The third-order valence-corrected chi connectivity index (χ3v) is 3.07. The van der Waals surface area contributed by atoms with E-state index in [9.17, 15) is 4.79 Å². The summed E-state index contributed by atoms with van der Waals surface area (Å²) in [4.78, 5) is 19.8. The summed E-state index contributed by atoms with van der Waals surface area (Å²) in [5.41, 5.74) is 0.899. The van der Waals surface area contributed by atoms with Crippen LogP contribution in [0, 0.1) is 0 Å². The van der Waals surface area contributed by atoms with Gasteiger partial charge in [0.05, 0.1) is 19.3 Å². The zero-order valence-electron chi connectivity index (χ0n) is 12.7. The van der Waals surface area contributed by atoms with Gasteiger partial charge < -0.3 is 14.2 Å². The van der Waals surface area contributed by atoms with Crippen LogP contribution in [0.15, 0.2) is 42.7 Å². The fourth-order valence-electron chi connectivity index (χ4n) is 1.84. The number of hydrogen-bond donors (Lipinski definition) is 0. The highest BCUT2D eigenvalue weighted by Gasteiger charge is 2.17. The van der Waals surface area contributed by atoms with Crippen molar-refractivity contribution in [2.24, 2.45) is 0 Å². The van der Waals surface area contributed by atoms with Gasteiger partial charge in [-0.3, -0.25) is 0 Å². The van der Waals surface area contributed by atoms with Crippen LogP contribution in [0.4, 0.5) is 0 Å². The molecule has 2 rings (SSSR count). The zero-order chi connectivity index (χ0) is 16.7. The van der Waals surface area contributed by atoms with Crippen LogP contribution in [0.2, 0.25) is 5.15 Å². The van der Waals surface area contributed by atoms with E-state index in [0.717, 1.165) is 0 Å². The van der Waals surface area contributed by atoms with Gasteiger partial charge in [0.25, 0.3) is 0 Å². The van der Waals surface area contributed by atoms with Gasteiger partial charge in [-0.25, -0.2) is 14.8 Å². The Morgan fingerprint density at radius 3 is 2.74 bits per heavy atom. The number of nitrogens with zero attached hydrogens (tertiary/aromatic N) is 2. The molecule has 0 saturated heterocycles. The summed E-state index contributed by atoms with van der Waals surface area (Å²) in [7, 11) is 2.85. The summed E-state index contributed by atoms with van der Waals surface area (Å²) in [6.07, 6.45) is 2.92. The number of para-hydroxylation sites is 1. The molecule has 0 N–H and O–H groups in total. The summed E-state index contributed by atoms with van der Waals surface area (Å²) in [6, 6.07) is 8.52. The van der Waals surface area contributed by atoms with Crippen LogP contribution in [0.25, 0.3) is 5.57 Å². The van der Waals surface area contributed by atoms with Crippen molar-refractivity contribution < 1.29 is 19.0 Å². The van der Waals surface area contributed by atoms with Crippen molar-refractivity contribution in [3.05, 3.63) is 53.5 Å². The van der Waals surface area contributed by atoms with Crippen LogP contribution in [0.5, 0.6) is 11.6 Å². The second-order valence-corrected chi connectivity index (χ2v) is 4.73. The molecule has 1 aromatic heterocycles. The van der Waals surface area contributed by atoms with Crippen molar-refractivity contribution >= 4 is 23.1 Å². The number of halogens is 1. The average Bonchev–Trinajstić information content (AvgIpc) is 2.56. The van der Waals surface area contributed by atoms with Crippen molar-refractivity contribution in [2.75, 3.05) is 20.8 Å². The lowest BCUT2D eigenvalue weighted by molar-refractivity contribution is -0.133. The first kappa shape index (κ1) is 16.9. The fourth-order valence-corrected chi connectivity index (χ4v) is 1.98. The summed E-state index contributed by atoms with van der Waals surface area (Å²) >= 11 is 5.82. The Morgan fingerprint density at radius 1 is 1.26 bits per heavy atom. The Balaban J connectivity index is 2.40. The minimum Gasteiger partial charge on any atom is -0.465 e. The van der Waals surface area contributed by atoms with E-state index in [1.807, 2.05) is 0 Å². The van der Waals surface area contributed by atoms with E-state index in [1.165, 1.54) is 26.6 Å². The van der Waals surface area contributed by atoms with Gasteiger partial charge in [-0.15, -0.1) is 0 Å². The van der Waals surface area contributed by atoms with E-state index in [-0.39, 0.29) is 17.6 Å². The molecule has 0 saturated carbocycles. The molecule has 7 heteroatoms. The third-order valence-electron chi connectivity index (χ3n) is 2.86. The Labute approximate surface area is 138 Å². The maximum Gasteiger partial charge on any atom is 0.338 e. The molecular weight excluding hydrogens is 320 g/mol. The lowest BCUT2D eigenvalue weighted by Crippen LogP contribution is -2.06. The number of carbonyl (C=O) groups excluding carboxylic acids is 1. The van der Waals surface area contributed by atoms with E-state index >= 15 is 0 Å². The minimum atomic E-state index is -0.487. The quantitative estimate of drug-likeness (QED) is 0.459. The fraction of sp³-hybridized carbons (Fsp3) is 0.188. The number of rotatable bonds is 6. The highest BCUT2D eigenvalue weighted by molar-refractivity contribution is 6.29. The third kappa shape index (κ3) is 4.51. The average molecular weight is 335 g/mol. The van der Waals surface area contributed by atoms with Gasteiger partial charge in [0.15, 0.2) is 0 Å². The van der Waals surface area contributed by atoms with Crippen LogP contribution in [-0.4, -0.2) is 36.8 Å². The standard InChI is InChI=1S/C16H15ClN2O4/c1-21-8-7-12(16(20)22-2)11-5-3-4-6-13(11)23-15-9-14(17)18-10-19-15/h3-7,9-10H,8H2,1-2H3/b12-7+. The van der Waals surface area contributed by atoms with Crippen molar-refractivity contribution in [3.8, 4) is 11.6 Å². The van der Waals surface area contributed by atoms with Gasteiger partial charge in [-0.2, -0.15) is 0 Å². The molecule has 0 aliphatic heterocycles. The molecule has 0 aliphatic carbocycles. The van der Waals surface area contributed by atoms with Crippen LogP contribution in [0.3, 0.4) is 0 Å². The molecule has 1 aromatic carbocycles. The predicted molar refractivity (Wildman–Crippen MR) is 85.4 cm³/mol. The largest absolute Gasteiger partial charge is 0.465 e. The number of methoxy groups -OCH3 is 2. The van der Waals surface area contributed by atoms with Crippen molar-refractivity contribution in [3.63, 3.8) is 0 Å². The number of aromatic nitrogens is 2. The van der Waals surface area contributed by atoms with Crippen LogP contribution >= 0.6 is 11.6 Å². The van der Waals surface area contributed by atoms with Crippen LogP contribution in [0.1, 0.15) is 5.56 Å². The highest BCUT2D eigenvalue weighted by Crippen LogP contribution is 2.30. The molecule has 0 bridgehead atoms. The van der Waals surface area contributed by atoms with Gasteiger partial charge in [0.1, 0.15) is 17.2 Å². The second-order valence-electron chi connectivity index (χ2n) is 4.34. The smallest absolute Gasteiger partial charge is 0.338 e. The maximum atomic E-state index is 12.0. The van der Waals surface area contributed by atoms with Gasteiger partial charge in [0.2, 0.25) is 5.88 Å². The molecule has 0 unspecified atom stereocenters. The van der Waals surface area contributed by atoms with Crippen molar-refractivity contribution in [1.82, 2.24) is 9.97 Å². The summed E-state index contributed by atoms with van der Waals surface area (Å²) in [5, 5.41) is 0.260. The molecule has 23 heavy (non-hydrogen) atoms. The highest BCUT2D eigenvalue weighted by atomic mass is 35.5. The van der Waals surface area contributed by atoms with E-state index in [1.54, 1.807) is 30.3 Å². The molecule has 0 spiro atoms. The number of benzene rings is 1. The Kier molecular flexibility index (Phi) is 6.08. The topological polar surface area (TPSA) is 70.5 Å². The molecule has 120 valence electrons. The number of ether oxygens (including phenoxy) is 3. The molecule has 0 atom stereocenters. The normalized spacial score (nSPS) is 11.2. The minimum absolute atomic E-state index is 0.260.